The Bertz CT molecular complexity index is 1170. The molecular weight excluding hydrogens is 432 g/mol. The summed E-state index contributed by atoms with van der Waals surface area (Å²) < 4.78 is 0. The van der Waals surface area contributed by atoms with Gasteiger partial charge in [-0.1, -0.05) is 78.4 Å². The molecule has 0 unspecified atom stereocenters. The van der Waals surface area contributed by atoms with Crippen molar-refractivity contribution in [1.29, 1.82) is 5.26 Å². The lowest BCUT2D eigenvalue weighted by Crippen LogP contribution is -2.46. The highest BCUT2D eigenvalue weighted by atomic mass is 16.1. The van der Waals surface area contributed by atoms with Crippen molar-refractivity contribution in [3.8, 4) is 6.07 Å². The third-order valence-electron chi connectivity index (χ3n) is 6.54. The first-order valence-corrected chi connectivity index (χ1v) is 12.1. The molecule has 0 aromatic heterocycles. The molecule has 3 aromatic carbocycles. The van der Waals surface area contributed by atoms with Crippen LogP contribution in [0.3, 0.4) is 0 Å². The molecule has 1 heterocycles. The lowest BCUT2D eigenvalue weighted by molar-refractivity contribution is -0.112. The summed E-state index contributed by atoms with van der Waals surface area (Å²) in [4.78, 5) is 17.5. The van der Waals surface area contributed by atoms with Gasteiger partial charge in [-0.15, -0.1) is 0 Å². The van der Waals surface area contributed by atoms with E-state index in [0.29, 0.717) is 0 Å². The van der Waals surface area contributed by atoms with Gasteiger partial charge in [-0.05, 0) is 43.0 Å². The topological polar surface area (TPSA) is 59.4 Å². The monoisotopic (exact) mass is 464 g/mol. The molecule has 1 aliphatic heterocycles. The number of rotatable bonds is 6. The summed E-state index contributed by atoms with van der Waals surface area (Å²) in [6, 6.07) is 27.5. The van der Waals surface area contributed by atoms with Gasteiger partial charge in [0.25, 0.3) is 5.91 Å². The molecule has 0 spiro atoms. The van der Waals surface area contributed by atoms with Gasteiger partial charge in [0.2, 0.25) is 0 Å². The Morgan fingerprint density at radius 1 is 0.886 bits per heavy atom. The number of nitrogens with one attached hydrogen (secondary N) is 1. The first kappa shape index (κ1) is 24.3. The van der Waals surface area contributed by atoms with Crippen LogP contribution in [0, 0.1) is 32.1 Å². The maximum atomic E-state index is 12.9. The molecule has 1 N–H and O–H groups in total. The van der Waals surface area contributed by atoms with Crippen LogP contribution in [-0.4, -0.2) is 41.9 Å². The van der Waals surface area contributed by atoms with Gasteiger partial charge < -0.3 is 10.2 Å². The minimum Gasteiger partial charge on any atom is -0.374 e. The Hall–Kier alpha value is -3.88. The highest BCUT2D eigenvalue weighted by Crippen LogP contribution is 2.29. The number of carbonyl (C=O) groups excluding carboxylic acids is 1. The summed E-state index contributed by atoms with van der Waals surface area (Å²) in [5.74, 6) is -0.364. The Morgan fingerprint density at radius 2 is 1.40 bits per heavy atom. The van der Waals surface area contributed by atoms with E-state index in [2.05, 4.69) is 69.7 Å². The largest absolute Gasteiger partial charge is 0.374 e. The first-order chi connectivity index (χ1) is 17.0. The SMILES string of the molecule is Cc1cc(C)c(NC(=O)/C(C#N)=C\N2CCN(C(c3ccccc3)c3ccccc3)CC2)c(C)c1. The minimum absolute atomic E-state index is 0.125. The zero-order valence-corrected chi connectivity index (χ0v) is 20.7. The van der Waals surface area contributed by atoms with Gasteiger partial charge in [0.05, 0.1) is 6.04 Å². The van der Waals surface area contributed by atoms with Crippen LogP contribution in [0.4, 0.5) is 5.69 Å². The van der Waals surface area contributed by atoms with Crippen molar-refractivity contribution in [1.82, 2.24) is 9.80 Å². The van der Waals surface area contributed by atoms with Gasteiger partial charge in [-0.2, -0.15) is 5.26 Å². The molecule has 3 aromatic rings. The second kappa shape index (κ2) is 11.0. The predicted octanol–water partition coefficient (Wildman–Crippen LogP) is 5.37. The van der Waals surface area contributed by atoms with E-state index in [9.17, 15) is 10.1 Å². The Balaban J connectivity index is 1.46. The Morgan fingerprint density at radius 3 is 1.89 bits per heavy atom. The third kappa shape index (κ3) is 5.79. The average molecular weight is 465 g/mol. The van der Waals surface area contributed by atoms with E-state index in [1.807, 2.05) is 45.0 Å². The maximum Gasteiger partial charge on any atom is 0.267 e. The van der Waals surface area contributed by atoms with Crippen LogP contribution >= 0.6 is 0 Å². The second-order valence-electron chi connectivity index (χ2n) is 9.18. The number of amides is 1. The molecule has 1 aliphatic rings. The van der Waals surface area contributed by atoms with Gasteiger partial charge in [0.15, 0.2) is 0 Å². The van der Waals surface area contributed by atoms with E-state index >= 15 is 0 Å². The van der Waals surface area contributed by atoms with E-state index < -0.39 is 0 Å². The number of benzene rings is 3. The maximum absolute atomic E-state index is 12.9. The van der Waals surface area contributed by atoms with Gasteiger partial charge >= 0.3 is 0 Å². The summed E-state index contributed by atoms with van der Waals surface area (Å²) in [5.41, 5.74) is 6.58. The van der Waals surface area contributed by atoms with Crippen molar-refractivity contribution in [3.63, 3.8) is 0 Å². The summed E-state index contributed by atoms with van der Waals surface area (Å²) in [6.45, 7) is 9.14. The number of hydrogen-bond donors (Lipinski definition) is 1. The van der Waals surface area contributed by atoms with Crippen LogP contribution in [0.15, 0.2) is 84.6 Å². The molecule has 0 saturated carbocycles. The standard InChI is InChI=1S/C30H32N4O/c1-22-18-23(2)28(24(3)19-22)32-30(35)27(20-31)21-33-14-16-34(17-15-33)29(25-10-6-4-7-11-25)26-12-8-5-9-13-26/h4-13,18-19,21,29H,14-17H2,1-3H3,(H,32,35)/b27-21-. The molecule has 1 amide bonds. The van der Waals surface area contributed by atoms with Crippen LogP contribution in [0.25, 0.3) is 0 Å². The molecule has 1 saturated heterocycles. The summed E-state index contributed by atoms with van der Waals surface area (Å²) >= 11 is 0. The van der Waals surface area contributed by atoms with Crippen LogP contribution in [0.1, 0.15) is 33.9 Å². The zero-order valence-electron chi connectivity index (χ0n) is 20.7. The van der Waals surface area contributed by atoms with Crippen LogP contribution in [-0.2, 0) is 4.79 Å². The van der Waals surface area contributed by atoms with Gasteiger partial charge in [-0.25, -0.2) is 0 Å². The van der Waals surface area contributed by atoms with E-state index in [-0.39, 0.29) is 17.5 Å². The Labute approximate surface area is 208 Å². The summed E-state index contributed by atoms with van der Waals surface area (Å²) in [7, 11) is 0. The summed E-state index contributed by atoms with van der Waals surface area (Å²) in [5, 5.41) is 12.7. The van der Waals surface area contributed by atoms with E-state index in [1.54, 1.807) is 6.20 Å². The molecule has 0 radical (unpaired) electrons. The van der Waals surface area contributed by atoms with Crippen LogP contribution in [0.5, 0.6) is 0 Å². The van der Waals surface area contributed by atoms with Gasteiger partial charge in [-0.3, -0.25) is 9.69 Å². The van der Waals surface area contributed by atoms with Gasteiger partial charge in [0.1, 0.15) is 11.6 Å². The molecule has 35 heavy (non-hydrogen) atoms. The molecule has 5 nitrogen and oxygen atoms in total. The number of aryl methyl sites for hydroxylation is 3. The van der Waals surface area contributed by atoms with Crippen molar-refractivity contribution in [2.24, 2.45) is 0 Å². The second-order valence-corrected chi connectivity index (χ2v) is 9.18. The van der Waals surface area contributed by atoms with Crippen LogP contribution < -0.4 is 5.32 Å². The molecule has 0 aliphatic carbocycles. The zero-order chi connectivity index (χ0) is 24.8. The number of anilines is 1. The van der Waals surface area contributed by atoms with Crippen molar-refractivity contribution in [2.75, 3.05) is 31.5 Å². The number of nitrogens with zero attached hydrogens (tertiary/aromatic N) is 3. The quantitative estimate of drug-likeness (QED) is 0.394. The van der Waals surface area contributed by atoms with Crippen molar-refractivity contribution in [2.45, 2.75) is 26.8 Å². The fourth-order valence-corrected chi connectivity index (χ4v) is 4.89. The fraction of sp³-hybridized carbons (Fsp3) is 0.267. The van der Waals surface area contributed by atoms with Crippen molar-refractivity contribution in [3.05, 3.63) is 112 Å². The number of carbonyl (C=O) groups is 1. The van der Waals surface area contributed by atoms with E-state index in [1.165, 1.54) is 11.1 Å². The first-order valence-electron chi connectivity index (χ1n) is 12.1. The van der Waals surface area contributed by atoms with E-state index in [4.69, 9.17) is 0 Å². The molecule has 4 rings (SSSR count). The highest BCUT2D eigenvalue weighted by Gasteiger charge is 2.26. The number of piperazine rings is 1. The predicted molar refractivity (Wildman–Crippen MR) is 141 cm³/mol. The minimum atomic E-state index is -0.364. The lowest BCUT2D eigenvalue weighted by atomic mass is 9.96. The third-order valence-corrected chi connectivity index (χ3v) is 6.54. The molecule has 1 fully saturated rings. The van der Waals surface area contributed by atoms with Crippen molar-refractivity contribution >= 4 is 11.6 Å². The smallest absolute Gasteiger partial charge is 0.267 e. The molecule has 0 atom stereocenters. The molecular formula is C30H32N4O. The lowest BCUT2D eigenvalue weighted by Gasteiger charge is -2.39. The number of hydrogen-bond acceptors (Lipinski definition) is 4. The fourth-order valence-electron chi connectivity index (χ4n) is 4.89. The van der Waals surface area contributed by atoms with Crippen molar-refractivity contribution < 1.29 is 4.79 Å². The normalized spacial score (nSPS) is 14.6. The molecule has 0 bridgehead atoms. The average Bonchev–Trinajstić information content (AvgIpc) is 2.87. The summed E-state index contributed by atoms with van der Waals surface area (Å²) in [6.07, 6.45) is 1.71. The Kier molecular flexibility index (Phi) is 7.64. The molecule has 5 heteroatoms. The van der Waals surface area contributed by atoms with Crippen LogP contribution in [0.2, 0.25) is 0 Å². The number of nitriles is 1. The van der Waals surface area contributed by atoms with E-state index in [0.717, 1.165) is 48.6 Å². The highest BCUT2D eigenvalue weighted by molar-refractivity contribution is 6.07. The van der Waals surface area contributed by atoms with Gasteiger partial charge in [0, 0.05) is 38.1 Å². The molecule has 178 valence electrons.